The van der Waals surface area contributed by atoms with Gasteiger partial charge in [-0.1, -0.05) is 44.4 Å². The van der Waals surface area contributed by atoms with Gasteiger partial charge in [-0.25, -0.2) is 0 Å². The van der Waals surface area contributed by atoms with Crippen LogP contribution in [0.15, 0.2) is 30.3 Å². The number of hydrogen-bond acceptors (Lipinski definition) is 0. The molecule has 1 aromatic rings. The number of hydrogen-bond donors (Lipinski definition) is 0. The Bertz CT molecular complexity index is 236. The van der Waals surface area contributed by atoms with Crippen molar-refractivity contribution in [2.24, 2.45) is 0 Å². The van der Waals surface area contributed by atoms with Crippen LogP contribution in [0.1, 0.15) is 32.8 Å². The molecule has 0 unspecified atom stereocenters. The van der Waals surface area contributed by atoms with E-state index in [-0.39, 0.29) is 0 Å². The zero-order valence-corrected chi connectivity index (χ0v) is 8.09. The van der Waals surface area contributed by atoms with Gasteiger partial charge in [0.15, 0.2) is 0 Å². The van der Waals surface area contributed by atoms with Gasteiger partial charge in [0.25, 0.3) is 0 Å². The highest BCUT2D eigenvalue weighted by atomic mass is 13.8. The van der Waals surface area contributed by atoms with Crippen molar-refractivity contribution in [3.63, 3.8) is 0 Å². The molecule has 0 spiro atoms. The fourth-order valence-corrected chi connectivity index (χ4v) is 0.666. The van der Waals surface area contributed by atoms with Crippen LogP contribution in [0.4, 0.5) is 0 Å². The molecule has 1 aromatic carbocycles. The maximum atomic E-state index is 2.96. The van der Waals surface area contributed by atoms with E-state index in [1.54, 1.807) is 0 Å². The highest BCUT2D eigenvalue weighted by Crippen LogP contribution is 1.93. The van der Waals surface area contributed by atoms with Crippen LogP contribution in [-0.2, 0) is 0 Å². The van der Waals surface area contributed by atoms with Gasteiger partial charge in [-0.15, -0.1) is 5.92 Å². The van der Waals surface area contributed by atoms with E-state index in [2.05, 4.69) is 25.7 Å². The monoisotopic (exact) mass is 160 g/mol. The summed E-state index contributed by atoms with van der Waals surface area (Å²) >= 11 is 0. The molecule has 0 aliphatic rings. The summed E-state index contributed by atoms with van der Waals surface area (Å²) in [7, 11) is 0. The SMILES string of the molecule is CC#Cc1ccccc1.CCC. The largest absolute Gasteiger partial charge is 0.101 e. The summed E-state index contributed by atoms with van der Waals surface area (Å²) in [6.07, 6.45) is 1.25. The minimum atomic E-state index is 1.08. The van der Waals surface area contributed by atoms with Crippen molar-refractivity contribution in [1.29, 1.82) is 0 Å². The quantitative estimate of drug-likeness (QED) is 0.510. The lowest BCUT2D eigenvalue weighted by atomic mass is 10.2. The molecule has 0 aromatic heterocycles. The smallest absolute Gasteiger partial charge is 0.0245 e. The summed E-state index contributed by atoms with van der Waals surface area (Å²) in [4.78, 5) is 0. The summed E-state index contributed by atoms with van der Waals surface area (Å²) in [5, 5.41) is 0. The van der Waals surface area contributed by atoms with Crippen molar-refractivity contribution in [2.75, 3.05) is 0 Å². The highest BCUT2D eigenvalue weighted by Gasteiger charge is 1.77. The van der Waals surface area contributed by atoms with Gasteiger partial charge in [0.2, 0.25) is 0 Å². The minimum Gasteiger partial charge on any atom is -0.101 e. The van der Waals surface area contributed by atoms with Crippen molar-refractivity contribution < 1.29 is 0 Å². The van der Waals surface area contributed by atoms with Gasteiger partial charge in [-0.05, 0) is 19.1 Å². The molecule has 0 saturated heterocycles. The van der Waals surface area contributed by atoms with Gasteiger partial charge >= 0.3 is 0 Å². The third kappa shape index (κ3) is 5.56. The summed E-state index contributed by atoms with van der Waals surface area (Å²) in [6.45, 7) is 6.09. The molecule has 0 nitrogen and oxygen atoms in total. The summed E-state index contributed by atoms with van der Waals surface area (Å²) in [6, 6.07) is 9.95. The summed E-state index contributed by atoms with van der Waals surface area (Å²) < 4.78 is 0. The molecule has 12 heavy (non-hydrogen) atoms. The van der Waals surface area contributed by atoms with Gasteiger partial charge < -0.3 is 0 Å². The Morgan fingerprint density at radius 3 is 2.00 bits per heavy atom. The fraction of sp³-hybridized carbons (Fsp3) is 0.333. The Morgan fingerprint density at radius 2 is 1.58 bits per heavy atom. The van der Waals surface area contributed by atoms with E-state index in [1.165, 1.54) is 6.42 Å². The van der Waals surface area contributed by atoms with E-state index in [4.69, 9.17) is 0 Å². The van der Waals surface area contributed by atoms with Crippen molar-refractivity contribution in [2.45, 2.75) is 27.2 Å². The lowest BCUT2D eigenvalue weighted by Gasteiger charge is -1.83. The van der Waals surface area contributed by atoms with Gasteiger partial charge in [0.1, 0.15) is 0 Å². The van der Waals surface area contributed by atoms with E-state index in [9.17, 15) is 0 Å². The van der Waals surface area contributed by atoms with Crippen LogP contribution in [0, 0.1) is 11.8 Å². The van der Waals surface area contributed by atoms with Crippen LogP contribution in [0.2, 0.25) is 0 Å². The molecule has 0 radical (unpaired) electrons. The van der Waals surface area contributed by atoms with Crippen molar-refractivity contribution in [1.82, 2.24) is 0 Å². The topological polar surface area (TPSA) is 0 Å². The lowest BCUT2D eigenvalue weighted by Crippen LogP contribution is -1.67. The molecule has 0 bridgehead atoms. The predicted molar refractivity (Wildman–Crippen MR) is 55.0 cm³/mol. The Morgan fingerprint density at radius 1 is 1.08 bits per heavy atom. The van der Waals surface area contributed by atoms with E-state index in [0.29, 0.717) is 0 Å². The zero-order valence-electron chi connectivity index (χ0n) is 8.09. The van der Waals surface area contributed by atoms with Crippen molar-refractivity contribution in [3.8, 4) is 11.8 Å². The van der Waals surface area contributed by atoms with E-state index in [0.717, 1.165) is 5.56 Å². The molecule has 0 amide bonds. The molecule has 1 rings (SSSR count). The summed E-state index contributed by atoms with van der Waals surface area (Å²) in [5.74, 6) is 5.79. The second-order valence-corrected chi connectivity index (χ2v) is 2.45. The zero-order chi connectivity index (χ0) is 9.23. The van der Waals surface area contributed by atoms with Gasteiger partial charge in [-0.3, -0.25) is 0 Å². The van der Waals surface area contributed by atoms with Crippen molar-refractivity contribution >= 4 is 0 Å². The molecule has 0 heterocycles. The Balaban J connectivity index is 0.000000354. The first-order valence-corrected chi connectivity index (χ1v) is 4.32. The molecule has 0 fully saturated rings. The predicted octanol–water partition coefficient (Wildman–Crippen LogP) is 3.47. The second kappa shape index (κ2) is 7.88. The van der Waals surface area contributed by atoms with Crippen LogP contribution < -0.4 is 0 Å². The van der Waals surface area contributed by atoms with Gasteiger partial charge in [0, 0.05) is 5.56 Å². The maximum absolute atomic E-state index is 2.96. The molecule has 64 valence electrons. The first-order valence-electron chi connectivity index (χ1n) is 4.32. The second-order valence-electron chi connectivity index (χ2n) is 2.45. The number of rotatable bonds is 0. The Hall–Kier alpha value is -1.22. The molecule has 0 heteroatoms. The Labute approximate surface area is 75.6 Å². The van der Waals surface area contributed by atoms with Gasteiger partial charge in [0.05, 0.1) is 0 Å². The van der Waals surface area contributed by atoms with E-state index < -0.39 is 0 Å². The average Bonchev–Trinajstić information content (AvgIpc) is 2.08. The minimum absolute atomic E-state index is 1.08. The maximum Gasteiger partial charge on any atom is 0.0245 e. The molecule has 0 atom stereocenters. The molecule has 0 N–H and O–H groups in total. The average molecular weight is 160 g/mol. The van der Waals surface area contributed by atoms with Gasteiger partial charge in [-0.2, -0.15) is 0 Å². The lowest BCUT2D eigenvalue weighted by molar-refractivity contribution is 1.09. The number of benzene rings is 1. The third-order valence-corrected chi connectivity index (χ3v) is 1.04. The van der Waals surface area contributed by atoms with Crippen LogP contribution in [-0.4, -0.2) is 0 Å². The molecule has 0 aliphatic heterocycles. The molecule has 0 saturated carbocycles. The fourth-order valence-electron chi connectivity index (χ4n) is 0.666. The standard InChI is InChI=1S/C9H8.C3H8/c1-2-6-9-7-4-3-5-8-9;1-3-2/h3-5,7-8H,1H3;3H2,1-2H3. The third-order valence-electron chi connectivity index (χ3n) is 1.04. The normalized spacial score (nSPS) is 7.25. The van der Waals surface area contributed by atoms with E-state index in [1.807, 2.05) is 37.3 Å². The first kappa shape index (κ1) is 10.8. The first-order chi connectivity index (χ1) is 5.85. The highest BCUT2D eigenvalue weighted by molar-refractivity contribution is 5.32. The van der Waals surface area contributed by atoms with E-state index >= 15 is 0 Å². The molecular formula is C12H16. The van der Waals surface area contributed by atoms with Crippen LogP contribution in [0.3, 0.4) is 0 Å². The Kier molecular flexibility index (Phi) is 7.08. The molecule has 0 aliphatic carbocycles. The van der Waals surface area contributed by atoms with Crippen LogP contribution in [0.5, 0.6) is 0 Å². The van der Waals surface area contributed by atoms with Crippen molar-refractivity contribution in [3.05, 3.63) is 35.9 Å². The van der Waals surface area contributed by atoms with Crippen LogP contribution >= 0.6 is 0 Å². The summed E-state index contributed by atoms with van der Waals surface area (Å²) in [5.41, 5.74) is 1.08. The molecular weight excluding hydrogens is 144 g/mol. The van der Waals surface area contributed by atoms with Crippen LogP contribution in [0.25, 0.3) is 0 Å².